The maximum Gasteiger partial charge on any atom is 0.303 e. The molecule has 2 aromatic heterocycles. The van der Waals surface area contributed by atoms with E-state index in [9.17, 15) is 4.79 Å². The molecule has 0 radical (unpaired) electrons. The van der Waals surface area contributed by atoms with Crippen molar-refractivity contribution in [2.24, 2.45) is 0 Å². The summed E-state index contributed by atoms with van der Waals surface area (Å²) in [5.41, 5.74) is -0.318. The van der Waals surface area contributed by atoms with E-state index in [-0.39, 0.29) is 12.0 Å². The van der Waals surface area contributed by atoms with Crippen LogP contribution in [0.5, 0.6) is 0 Å². The highest BCUT2D eigenvalue weighted by Gasteiger charge is 2.20. The number of fused-ring (bicyclic) bond motifs is 1. The number of carbonyl (C=O) groups is 1. The summed E-state index contributed by atoms with van der Waals surface area (Å²) in [6.45, 7) is 3.94. The monoisotopic (exact) mass is 265 g/mol. The van der Waals surface area contributed by atoms with Crippen LogP contribution in [-0.2, 0) is 4.79 Å². The van der Waals surface area contributed by atoms with Gasteiger partial charge in [-0.1, -0.05) is 0 Å². The van der Waals surface area contributed by atoms with E-state index in [0.29, 0.717) is 6.42 Å². The van der Waals surface area contributed by atoms with Crippen LogP contribution in [0.25, 0.3) is 10.2 Å². The van der Waals surface area contributed by atoms with E-state index in [1.54, 1.807) is 11.3 Å². The van der Waals surface area contributed by atoms with Crippen molar-refractivity contribution in [3.05, 3.63) is 17.8 Å². The molecule has 2 rings (SSSR count). The predicted octanol–water partition coefficient (Wildman–Crippen LogP) is 2.75. The van der Waals surface area contributed by atoms with Crippen molar-refractivity contribution in [1.29, 1.82) is 0 Å². The predicted molar refractivity (Wildman–Crippen MR) is 72.0 cm³/mol. The zero-order valence-corrected chi connectivity index (χ0v) is 11.1. The summed E-state index contributed by atoms with van der Waals surface area (Å²) in [5, 5.41) is 15.0. The van der Waals surface area contributed by atoms with Crippen LogP contribution in [-0.4, -0.2) is 26.6 Å². The summed E-state index contributed by atoms with van der Waals surface area (Å²) in [6, 6.07) is 1.97. The largest absolute Gasteiger partial charge is 0.481 e. The molecule has 0 aromatic carbocycles. The Morgan fingerprint density at radius 3 is 3.00 bits per heavy atom. The normalized spacial score (nSPS) is 11.7. The molecule has 0 saturated carbocycles. The van der Waals surface area contributed by atoms with Gasteiger partial charge in [0, 0.05) is 12.0 Å². The van der Waals surface area contributed by atoms with Gasteiger partial charge in [-0.2, -0.15) is 0 Å². The fraction of sp³-hybridized carbons (Fsp3) is 0.417. The molecule has 0 aliphatic rings. The van der Waals surface area contributed by atoms with Crippen LogP contribution in [0.4, 0.5) is 5.82 Å². The molecule has 0 bridgehead atoms. The number of thiophene rings is 1. The average molecular weight is 265 g/mol. The van der Waals surface area contributed by atoms with Crippen molar-refractivity contribution in [2.75, 3.05) is 5.32 Å². The lowest BCUT2D eigenvalue weighted by atomic mass is 9.98. The second-order valence-corrected chi connectivity index (χ2v) is 5.66. The van der Waals surface area contributed by atoms with E-state index in [4.69, 9.17) is 5.11 Å². The third-order valence-electron chi connectivity index (χ3n) is 2.68. The molecule has 0 amide bonds. The number of anilines is 1. The molecule has 18 heavy (non-hydrogen) atoms. The lowest BCUT2D eigenvalue weighted by molar-refractivity contribution is -0.137. The Kier molecular flexibility index (Phi) is 3.47. The Morgan fingerprint density at radius 2 is 2.28 bits per heavy atom. The minimum Gasteiger partial charge on any atom is -0.481 e. The molecule has 2 N–H and O–H groups in total. The van der Waals surface area contributed by atoms with Gasteiger partial charge in [-0.05, 0) is 31.7 Å². The molecule has 2 heterocycles. The number of hydrogen-bond donors (Lipinski definition) is 2. The maximum absolute atomic E-state index is 10.6. The van der Waals surface area contributed by atoms with Gasteiger partial charge in [0.1, 0.15) is 17.0 Å². The van der Waals surface area contributed by atoms with Gasteiger partial charge in [0.15, 0.2) is 0 Å². The summed E-state index contributed by atoms with van der Waals surface area (Å²) < 4.78 is 0. The Bertz CT molecular complexity index is 565. The molecule has 0 saturated heterocycles. The summed E-state index contributed by atoms with van der Waals surface area (Å²) in [4.78, 5) is 20.0. The van der Waals surface area contributed by atoms with Gasteiger partial charge in [-0.3, -0.25) is 4.79 Å². The van der Waals surface area contributed by atoms with E-state index in [0.717, 1.165) is 16.0 Å². The zero-order valence-electron chi connectivity index (χ0n) is 10.3. The number of hydrogen-bond acceptors (Lipinski definition) is 5. The molecule has 0 unspecified atom stereocenters. The fourth-order valence-corrected chi connectivity index (χ4v) is 2.42. The first-order chi connectivity index (χ1) is 8.48. The molecule has 0 aliphatic carbocycles. The van der Waals surface area contributed by atoms with Crippen molar-refractivity contribution in [3.8, 4) is 0 Å². The molecular weight excluding hydrogens is 250 g/mol. The van der Waals surface area contributed by atoms with Gasteiger partial charge >= 0.3 is 5.97 Å². The lowest BCUT2D eigenvalue weighted by Crippen LogP contribution is -2.32. The molecule has 6 heteroatoms. The summed E-state index contributed by atoms with van der Waals surface area (Å²) in [5.74, 6) is -0.0233. The van der Waals surface area contributed by atoms with Gasteiger partial charge < -0.3 is 10.4 Å². The van der Waals surface area contributed by atoms with Crippen LogP contribution in [0.2, 0.25) is 0 Å². The number of carboxylic acid groups (broad SMARTS) is 1. The first kappa shape index (κ1) is 12.8. The first-order valence-corrected chi connectivity index (χ1v) is 6.54. The Labute approximate surface area is 109 Å². The van der Waals surface area contributed by atoms with Crippen molar-refractivity contribution >= 4 is 33.3 Å². The Morgan fingerprint density at radius 1 is 1.50 bits per heavy atom. The SMILES string of the molecule is CC(C)(CCC(=O)O)Nc1ncnc2sccc12. The minimum atomic E-state index is -0.784. The fourth-order valence-electron chi connectivity index (χ4n) is 1.69. The van der Waals surface area contributed by atoms with Gasteiger partial charge in [-0.15, -0.1) is 11.3 Å². The minimum absolute atomic E-state index is 0.137. The lowest BCUT2D eigenvalue weighted by Gasteiger charge is -2.26. The van der Waals surface area contributed by atoms with E-state index < -0.39 is 5.97 Å². The van der Waals surface area contributed by atoms with E-state index in [2.05, 4.69) is 15.3 Å². The van der Waals surface area contributed by atoms with Gasteiger partial charge in [0.2, 0.25) is 0 Å². The van der Waals surface area contributed by atoms with Crippen LogP contribution in [0, 0.1) is 0 Å². The standard InChI is InChI=1S/C12H15N3O2S/c1-12(2,5-3-9(16)17)15-10-8-4-6-18-11(8)14-7-13-10/h4,6-7H,3,5H2,1-2H3,(H,16,17)(H,13,14,15). The number of nitrogens with one attached hydrogen (secondary N) is 1. The van der Waals surface area contributed by atoms with Crippen LogP contribution in [0.3, 0.4) is 0 Å². The van der Waals surface area contributed by atoms with Gasteiger partial charge in [0.05, 0.1) is 5.39 Å². The van der Waals surface area contributed by atoms with Gasteiger partial charge in [0.25, 0.3) is 0 Å². The number of nitrogens with zero attached hydrogens (tertiary/aromatic N) is 2. The highest BCUT2D eigenvalue weighted by molar-refractivity contribution is 7.16. The molecule has 0 atom stereocenters. The molecule has 0 spiro atoms. The smallest absolute Gasteiger partial charge is 0.303 e. The molecule has 2 aromatic rings. The second kappa shape index (κ2) is 4.89. The molecule has 96 valence electrons. The second-order valence-electron chi connectivity index (χ2n) is 4.76. The summed E-state index contributed by atoms with van der Waals surface area (Å²) in [7, 11) is 0. The molecule has 5 nitrogen and oxygen atoms in total. The van der Waals surface area contributed by atoms with Crippen LogP contribution >= 0.6 is 11.3 Å². The number of aromatic nitrogens is 2. The topological polar surface area (TPSA) is 75.1 Å². The maximum atomic E-state index is 10.6. The summed E-state index contributed by atoms with van der Waals surface area (Å²) >= 11 is 1.56. The van der Waals surface area contributed by atoms with Crippen LogP contribution < -0.4 is 5.32 Å². The Balaban J connectivity index is 2.17. The quantitative estimate of drug-likeness (QED) is 0.869. The summed E-state index contributed by atoms with van der Waals surface area (Å²) in [6.07, 6.45) is 2.20. The molecule has 0 aliphatic heterocycles. The number of rotatable bonds is 5. The highest BCUT2D eigenvalue weighted by Crippen LogP contribution is 2.27. The number of aliphatic carboxylic acids is 1. The van der Waals surface area contributed by atoms with Crippen molar-refractivity contribution in [2.45, 2.75) is 32.2 Å². The van der Waals surface area contributed by atoms with Crippen LogP contribution in [0.1, 0.15) is 26.7 Å². The van der Waals surface area contributed by atoms with E-state index in [1.807, 2.05) is 25.3 Å². The zero-order chi connectivity index (χ0) is 13.2. The third kappa shape index (κ3) is 2.95. The van der Waals surface area contributed by atoms with Gasteiger partial charge in [-0.25, -0.2) is 9.97 Å². The van der Waals surface area contributed by atoms with Crippen LogP contribution in [0.15, 0.2) is 17.8 Å². The van der Waals surface area contributed by atoms with E-state index >= 15 is 0 Å². The van der Waals surface area contributed by atoms with Crippen molar-refractivity contribution < 1.29 is 9.90 Å². The van der Waals surface area contributed by atoms with E-state index in [1.165, 1.54) is 6.33 Å². The average Bonchev–Trinajstić information content (AvgIpc) is 2.75. The first-order valence-electron chi connectivity index (χ1n) is 5.66. The number of carboxylic acids is 1. The van der Waals surface area contributed by atoms with Crippen molar-refractivity contribution in [3.63, 3.8) is 0 Å². The third-order valence-corrected chi connectivity index (χ3v) is 3.50. The molecular formula is C12H15N3O2S. The molecule has 0 fully saturated rings. The van der Waals surface area contributed by atoms with Crippen molar-refractivity contribution in [1.82, 2.24) is 9.97 Å². The Hall–Kier alpha value is -1.69. The highest BCUT2D eigenvalue weighted by atomic mass is 32.1.